The van der Waals surface area contributed by atoms with Gasteiger partial charge in [-0.2, -0.15) is 0 Å². The number of rotatable bonds is 16. The van der Waals surface area contributed by atoms with Crippen LogP contribution in [0, 0.1) is 0 Å². The molecule has 0 radical (unpaired) electrons. The number of aliphatic hydroxyl groups excluding tert-OH is 1. The molecule has 0 heterocycles. The van der Waals surface area contributed by atoms with E-state index in [9.17, 15) is 34.8 Å². The van der Waals surface area contributed by atoms with E-state index in [0.717, 1.165) is 0 Å². The molecule has 0 saturated carbocycles. The minimum atomic E-state index is -1.24. The molecule has 0 rings (SSSR count). The van der Waals surface area contributed by atoms with Gasteiger partial charge in [-0.3, -0.25) is 4.90 Å². The molecule has 0 aliphatic heterocycles. The number of hydrogen-bond donors (Lipinski definition) is 1. The quantitative estimate of drug-likeness (QED) is 0.182. The van der Waals surface area contributed by atoms with E-state index < -0.39 is 24.0 Å². The minimum Gasteiger partial charge on any atom is -0.550 e. The molecule has 0 amide bonds. The molecule has 0 bridgehead atoms. The van der Waals surface area contributed by atoms with Crippen LogP contribution in [0.15, 0.2) is 12.2 Å². The summed E-state index contributed by atoms with van der Waals surface area (Å²) in [5, 5.41) is 41.9. The Morgan fingerprint density at radius 1 is 0.793 bits per heavy atom. The summed E-state index contributed by atoms with van der Waals surface area (Å²) in [6.45, 7) is 3.14. The summed E-state index contributed by atoms with van der Waals surface area (Å²) in [4.78, 5) is 35.3. The molecule has 1 unspecified atom stereocenters. The summed E-state index contributed by atoms with van der Waals surface area (Å²) in [7, 11) is 0. The average Bonchev–Trinajstić information content (AvgIpc) is 2.56. The van der Waals surface area contributed by atoms with Gasteiger partial charge >= 0.3 is 88.7 Å². The van der Waals surface area contributed by atoms with E-state index in [1.165, 1.54) is 0 Å². The van der Waals surface area contributed by atoms with Gasteiger partial charge in [0, 0.05) is 57.2 Å². The molecule has 9 nitrogen and oxygen atoms in total. The van der Waals surface area contributed by atoms with E-state index in [1.54, 1.807) is 22.0 Å². The van der Waals surface area contributed by atoms with E-state index in [-0.39, 0.29) is 134 Å². The van der Waals surface area contributed by atoms with Gasteiger partial charge in [-0.1, -0.05) is 12.2 Å². The van der Waals surface area contributed by atoms with Crippen molar-refractivity contribution in [2.45, 2.75) is 38.7 Å². The molecule has 0 aromatic carbocycles. The molecule has 1 N–H and O–H groups in total. The maximum Gasteiger partial charge on any atom is 1.00 e. The SMILES string of the molecule is C/C=C/CC(O)CN(CCC(=O)[O-])CCN(CCC(=O)[O-])CCC(=O)[O-].[Na+].[Na+].[Na+]. The standard InChI is InChI=1S/C17H30N2O7.3Na/c1-2-3-4-14(20)13-19(10-7-17(25)26)12-11-18(8-5-15(21)22)9-6-16(23)24;;;/h2-3,14,20H,4-13H2,1H3,(H,21,22)(H,23,24)(H,25,26);;;/q;3*+1/p-3/b3-2+;;;. The Morgan fingerprint density at radius 3 is 1.55 bits per heavy atom. The van der Waals surface area contributed by atoms with Crippen LogP contribution in [-0.4, -0.2) is 78.2 Å². The van der Waals surface area contributed by atoms with Crippen LogP contribution in [0.25, 0.3) is 0 Å². The number of hydrogen-bond acceptors (Lipinski definition) is 9. The summed E-state index contributed by atoms with van der Waals surface area (Å²) in [5.74, 6) is -3.68. The van der Waals surface area contributed by atoms with Crippen molar-refractivity contribution in [1.29, 1.82) is 0 Å². The first-order chi connectivity index (χ1) is 12.2. The van der Waals surface area contributed by atoms with Crippen LogP contribution in [0.1, 0.15) is 32.6 Å². The van der Waals surface area contributed by atoms with Crippen molar-refractivity contribution >= 4 is 17.9 Å². The fraction of sp³-hybridized carbons (Fsp3) is 0.706. The van der Waals surface area contributed by atoms with Crippen LogP contribution in [-0.2, 0) is 14.4 Å². The molecule has 0 aliphatic carbocycles. The molecule has 0 spiro atoms. The van der Waals surface area contributed by atoms with Crippen LogP contribution >= 0.6 is 0 Å². The number of carbonyl (C=O) groups excluding carboxylic acids is 3. The summed E-state index contributed by atoms with van der Waals surface area (Å²) < 4.78 is 0. The van der Waals surface area contributed by atoms with Gasteiger partial charge in [0.05, 0.1) is 6.10 Å². The van der Waals surface area contributed by atoms with Gasteiger partial charge in [-0.15, -0.1) is 0 Å². The fourth-order valence-corrected chi connectivity index (χ4v) is 2.33. The van der Waals surface area contributed by atoms with E-state index >= 15 is 0 Å². The van der Waals surface area contributed by atoms with Gasteiger partial charge in [0.2, 0.25) is 0 Å². The topological polar surface area (TPSA) is 147 Å². The third kappa shape index (κ3) is 25.2. The van der Waals surface area contributed by atoms with E-state index in [1.807, 2.05) is 6.92 Å². The Morgan fingerprint density at radius 2 is 1.17 bits per heavy atom. The Kier molecular flexibility index (Phi) is 30.5. The third-order valence-corrected chi connectivity index (χ3v) is 3.74. The zero-order valence-corrected chi connectivity index (χ0v) is 24.1. The van der Waals surface area contributed by atoms with Crippen molar-refractivity contribution in [3.05, 3.63) is 12.2 Å². The number of aliphatic carboxylic acids is 3. The Hall–Kier alpha value is 1.03. The fourth-order valence-electron chi connectivity index (χ4n) is 2.33. The van der Waals surface area contributed by atoms with Gasteiger partial charge in [-0.05, 0) is 32.6 Å². The van der Waals surface area contributed by atoms with Crippen LogP contribution in [0.2, 0.25) is 0 Å². The Bertz CT molecular complexity index is 464. The van der Waals surface area contributed by atoms with E-state index in [0.29, 0.717) is 19.5 Å². The van der Waals surface area contributed by atoms with Crippen molar-refractivity contribution in [2.24, 2.45) is 0 Å². The van der Waals surface area contributed by atoms with Crippen LogP contribution < -0.4 is 104 Å². The van der Waals surface area contributed by atoms with Crippen LogP contribution in [0.5, 0.6) is 0 Å². The second kappa shape index (κ2) is 23.7. The number of carboxylic acids is 3. The maximum atomic E-state index is 10.7. The molecule has 0 saturated heterocycles. The molecular formula is C17H27N2Na3O7. The van der Waals surface area contributed by atoms with E-state index in [4.69, 9.17) is 0 Å². The average molecular weight is 440 g/mol. The number of carbonyl (C=O) groups is 3. The molecule has 150 valence electrons. The van der Waals surface area contributed by atoms with Crippen molar-refractivity contribution in [1.82, 2.24) is 9.80 Å². The zero-order valence-electron chi connectivity index (χ0n) is 18.1. The minimum absolute atomic E-state index is 0. The first kappa shape index (κ1) is 37.4. The van der Waals surface area contributed by atoms with Crippen molar-refractivity contribution in [3.8, 4) is 0 Å². The summed E-state index contributed by atoms with van der Waals surface area (Å²) in [5.41, 5.74) is 0. The molecule has 0 aliphatic rings. The van der Waals surface area contributed by atoms with E-state index in [2.05, 4.69) is 0 Å². The largest absolute Gasteiger partial charge is 1.00 e. The number of nitrogens with zero attached hydrogens (tertiary/aromatic N) is 2. The van der Waals surface area contributed by atoms with Crippen molar-refractivity contribution in [3.63, 3.8) is 0 Å². The van der Waals surface area contributed by atoms with Gasteiger partial charge in [0.25, 0.3) is 0 Å². The smallest absolute Gasteiger partial charge is 0.550 e. The van der Waals surface area contributed by atoms with Gasteiger partial charge < -0.3 is 39.7 Å². The monoisotopic (exact) mass is 440 g/mol. The first-order valence-corrected chi connectivity index (χ1v) is 8.58. The molecule has 12 heteroatoms. The second-order valence-corrected chi connectivity index (χ2v) is 5.97. The molecule has 1 atom stereocenters. The zero-order chi connectivity index (χ0) is 19.9. The summed E-state index contributed by atoms with van der Waals surface area (Å²) in [6, 6.07) is 0. The number of aliphatic hydroxyl groups is 1. The summed E-state index contributed by atoms with van der Waals surface area (Å²) >= 11 is 0. The summed E-state index contributed by atoms with van der Waals surface area (Å²) in [6.07, 6.45) is 2.68. The maximum absolute atomic E-state index is 10.7. The Labute approximate surface area is 238 Å². The first-order valence-electron chi connectivity index (χ1n) is 8.58. The van der Waals surface area contributed by atoms with Crippen LogP contribution in [0.4, 0.5) is 0 Å². The second-order valence-electron chi connectivity index (χ2n) is 5.97. The van der Waals surface area contributed by atoms with Gasteiger partial charge in [0.15, 0.2) is 0 Å². The van der Waals surface area contributed by atoms with Crippen molar-refractivity contribution in [2.75, 3.05) is 39.3 Å². The Balaban J connectivity index is -0.00000104. The van der Waals surface area contributed by atoms with Crippen molar-refractivity contribution < 1.29 is 123 Å². The third-order valence-electron chi connectivity index (χ3n) is 3.74. The molecular weight excluding hydrogens is 413 g/mol. The van der Waals surface area contributed by atoms with Gasteiger partial charge in [-0.25, -0.2) is 0 Å². The predicted octanol–water partition coefficient (Wildman–Crippen LogP) is -12.7. The number of carboxylic acid groups (broad SMARTS) is 3. The normalized spacial score (nSPS) is 11.4. The van der Waals surface area contributed by atoms with Gasteiger partial charge in [0.1, 0.15) is 0 Å². The predicted molar refractivity (Wildman–Crippen MR) is 87.2 cm³/mol. The molecule has 29 heavy (non-hydrogen) atoms. The molecule has 0 aromatic heterocycles. The molecule has 0 fully saturated rings. The molecule has 0 aromatic rings. The van der Waals surface area contributed by atoms with Crippen LogP contribution in [0.3, 0.4) is 0 Å². The number of allylic oxidation sites excluding steroid dienone is 1.